The first-order valence-electron chi connectivity index (χ1n) is 7.64. The zero-order chi connectivity index (χ0) is 13.7. The highest BCUT2D eigenvalue weighted by atomic mass is 16.4. The first-order valence-corrected chi connectivity index (χ1v) is 7.64. The molecule has 1 unspecified atom stereocenters. The molecule has 4 heteroatoms. The van der Waals surface area contributed by atoms with Crippen molar-refractivity contribution in [3.63, 3.8) is 0 Å². The van der Waals surface area contributed by atoms with Crippen molar-refractivity contribution in [1.29, 1.82) is 0 Å². The summed E-state index contributed by atoms with van der Waals surface area (Å²) in [5, 5.41) is 8.79. The molecule has 1 heterocycles. The van der Waals surface area contributed by atoms with E-state index in [-0.39, 0.29) is 18.2 Å². The van der Waals surface area contributed by atoms with Gasteiger partial charge in [-0.3, -0.25) is 9.59 Å². The van der Waals surface area contributed by atoms with Gasteiger partial charge in [0, 0.05) is 25.9 Å². The van der Waals surface area contributed by atoms with Crippen LogP contribution < -0.4 is 0 Å². The van der Waals surface area contributed by atoms with Gasteiger partial charge in [0.2, 0.25) is 5.91 Å². The molecule has 1 aliphatic heterocycles. The quantitative estimate of drug-likeness (QED) is 0.797. The van der Waals surface area contributed by atoms with Crippen LogP contribution in [0.5, 0.6) is 0 Å². The number of amides is 1. The van der Waals surface area contributed by atoms with Crippen LogP contribution in [-0.2, 0) is 9.59 Å². The Kier molecular flexibility index (Phi) is 5.23. The Morgan fingerprint density at radius 2 is 1.63 bits per heavy atom. The number of nitrogens with zero attached hydrogens (tertiary/aromatic N) is 1. The molecule has 108 valence electrons. The van der Waals surface area contributed by atoms with E-state index in [0.29, 0.717) is 18.9 Å². The van der Waals surface area contributed by atoms with Crippen LogP contribution in [0.25, 0.3) is 0 Å². The van der Waals surface area contributed by atoms with Gasteiger partial charge in [-0.2, -0.15) is 0 Å². The lowest BCUT2D eigenvalue weighted by Crippen LogP contribution is -2.30. The maximum absolute atomic E-state index is 12.2. The maximum atomic E-state index is 12.2. The van der Waals surface area contributed by atoms with E-state index < -0.39 is 5.97 Å². The van der Waals surface area contributed by atoms with Gasteiger partial charge in [-0.15, -0.1) is 0 Å². The number of aliphatic carboxylic acids is 1. The second-order valence-corrected chi connectivity index (χ2v) is 6.15. The molecule has 0 aromatic carbocycles. The van der Waals surface area contributed by atoms with Gasteiger partial charge in [-0.05, 0) is 31.1 Å². The fourth-order valence-electron chi connectivity index (χ4n) is 3.42. The van der Waals surface area contributed by atoms with E-state index in [1.54, 1.807) is 0 Å². The van der Waals surface area contributed by atoms with E-state index in [9.17, 15) is 9.59 Å². The molecule has 0 aromatic rings. The highest BCUT2D eigenvalue weighted by Crippen LogP contribution is 2.27. The van der Waals surface area contributed by atoms with Crippen molar-refractivity contribution >= 4 is 11.9 Å². The molecule has 1 aliphatic carbocycles. The Bertz CT molecular complexity index is 321. The van der Waals surface area contributed by atoms with Crippen LogP contribution in [0.4, 0.5) is 0 Å². The SMILES string of the molecule is O=C(O)CC1CCN(C(=O)CC2CCCCCC2)C1. The number of carbonyl (C=O) groups excluding carboxylic acids is 1. The second-order valence-electron chi connectivity index (χ2n) is 6.15. The zero-order valence-electron chi connectivity index (χ0n) is 11.6. The minimum atomic E-state index is -0.747. The van der Waals surface area contributed by atoms with Gasteiger partial charge in [0.25, 0.3) is 0 Å². The van der Waals surface area contributed by atoms with Gasteiger partial charge < -0.3 is 10.0 Å². The van der Waals surface area contributed by atoms with E-state index in [2.05, 4.69) is 0 Å². The fraction of sp³-hybridized carbons (Fsp3) is 0.867. The summed E-state index contributed by atoms with van der Waals surface area (Å²) in [7, 11) is 0. The maximum Gasteiger partial charge on any atom is 0.303 e. The predicted molar refractivity (Wildman–Crippen MR) is 72.7 cm³/mol. The minimum Gasteiger partial charge on any atom is -0.481 e. The third-order valence-electron chi connectivity index (χ3n) is 4.54. The monoisotopic (exact) mass is 267 g/mol. The molecule has 4 nitrogen and oxygen atoms in total. The van der Waals surface area contributed by atoms with Crippen molar-refractivity contribution < 1.29 is 14.7 Å². The number of carboxylic acid groups (broad SMARTS) is 1. The molecule has 0 aromatic heterocycles. The lowest BCUT2D eigenvalue weighted by Gasteiger charge is -2.20. The van der Waals surface area contributed by atoms with E-state index in [4.69, 9.17) is 5.11 Å². The van der Waals surface area contributed by atoms with Gasteiger partial charge in [-0.25, -0.2) is 0 Å². The fourth-order valence-corrected chi connectivity index (χ4v) is 3.42. The van der Waals surface area contributed by atoms with Crippen molar-refractivity contribution in [3.05, 3.63) is 0 Å². The van der Waals surface area contributed by atoms with Crippen LogP contribution in [0, 0.1) is 11.8 Å². The second kappa shape index (κ2) is 6.92. The zero-order valence-corrected chi connectivity index (χ0v) is 11.6. The summed E-state index contributed by atoms with van der Waals surface area (Å²) in [5.74, 6) is 0.229. The smallest absolute Gasteiger partial charge is 0.303 e. The molecule has 1 atom stereocenters. The standard InChI is InChI=1S/C15H25NO3/c17-14(9-12-5-3-1-2-4-6-12)16-8-7-13(11-16)10-15(18)19/h12-13H,1-11H2,(H,18,19). The normalized spacial score (nSPS) is 25.3. The van der Waals surface area contributed by atoms with Gasteiger partial charge in [-0.1, -0.05) is 25.7 Å². The Balaban J connectivity index is 1.75. The van der Waals surface area contributed by atoms with E-state index >= 15 is 0 Å². The molecule has 0 bridgehead atoms. The summed E-state index contributed by atoms with van der Waals surface area (Å²) in [5.41, 5.74) is 0. The molecule has 2 rings (SSSR count). The van der Waals surface area contributed by atoms with Gasteiger partial charge in [0.15, 0.2) is 0 Å². The predicted octanol–water partition coefficient (Wildman–Crippen LogP) is 2.67. The summed E-state index contributed by atoms with van der Waals surface area (Å²) in [6.45, 7) is 1.40. The third kappa shape index (κ3) is 4.51. The van der Waals surface area contributed by atoms with Crippen LogP contribution in [-0.4, -0.2) is 35.0 Å². The lowest BCUT2D eigenvalue weighted by atomic mass is 9.96. The van der Waals surface area contributed by atoms with Gasteiger partial charge in [0.1, 0.15) is 0 Å². The number of hydrogen-bond acceptors (Lipinski definition) is 2. The van der Waals surface area contributed by atoms with E-state index in [0.717, 1.165) is 13.0 Å². The van der Waals surface area contributed by atoms with Crippen LogP contribution in [0.2, 0.25) is 0 Å². The molecule has 2 fully saturated rings. The molecule has 1 amide bonds. The Morgan fingerprint density at radius 1 is 0.947 bits per heavy atom. The van der Waals surface area contributed by atoms with Crippen LogP contribution in [0.3, 0.4) is 0 Å². The summed E-state index contributed by atoms with van der Waals surface area (Å²) < 4.78 is 0. The molecule has 0 spiro atoms. The van der Waals surface area contributed by atoms with Crippen molar-refractivity contribution in [2.75, 3.05) is 13.1 Å². The molecule has 1 saturated heterocycles. The average molecular weight is 267 g/mol. The Labute approximate surface area is 115 Å². The molecular formula is C15H25NO3. The van der Waals surface area contributed by atoms with Crippen LogP contribution in [0.15, 0.2) is 0 Å². The summed E-state index contributed by atoms with van der Waals surface area (Å²) in [6.07, 6.45) is 9.27. The Morgan fingerprint density at radius 3 is 2.26 bits per heavy atom. The topological polar surface area (TPSA) is 57.6 Å². The van der Waals surface area contributed by atoms with Crippen molar-refractivity contribution in [2.45, 2.75) is 57.8 Å². The van der Waals surface area contributed by atoms with Crippen molar-refractivity contribution in [1.82, 2.24) is 4.90 Å². The highest BCUT2D eigenvalue weighted by molar-refractivity contribution is 5.77. The van der Waals surface area contributed by atoms with E-state index in [1.807, 2.05) is 4.90 Å². The third-order valence-corrected chi connectivity index (χ3v) is 4.54. The van der Waals surface area contributed by atoms with Gasteiger partial charge in [0.05, 0.1) is 0 Å². The molecule has 19 heavy (non-hydrogen) atoms. The molecule has 1 saturated carbocycles. The number of hydrogen-bond donors (Lipinski definition) is 1. The molecule has 2 aliphatic rings. The molecule has 1 N–H and O–H groups in total. The van der Waals surface area contributed by atoms with Crippen LogP contribution >= 0.6 is 0 Å². The largest absolute Gasteiger partial charge is 0.481 e. The van der Waals surface area contributed by atoms with Crippen molar-refractivity contribution in [3.8, 4) is 0 Å². The van der Waals surface area contributed by atoms with Gasteiger partial charge >= 0.3 is 5.97 Å². The lowest BCUT2D eigenvalue weighted by molar-refractivity contribution is -0.138. The first kappa shape index (κ1) is 14.4. The number of rotatable bonds is 4. The molecular weight excluding hydrogens is 242 g/mol. The summed E-state index contributed by atoms with van der Waals surface area (Å²) >= 11 is 0. The summed E-state index contributed by atoms with van der Waals surface area (Å²) in [6, 6.07) is 0. The number of carbonyl (C=O) groups is 2. The average Bonchev–Trinajstić information content (AvgIpc) is 2.66. The first-order chi connectivity index (χ1) is 9.15. The number of likely N-dealkylation sites (tertiary alicyclic amines) is 1. The summed E-state index contributed by atoms with van der Waals surface area (Å²) in [4.78, 5) is 24.8. The van der Waals surface area contributed by atoms with Crippen LogP contribution in [0.1, 0.15) is 57.8 Å². The molecule has 0 radical (unpaired) electrons. The Hall–Kier alpha value is -1.06. The van der Waals surface area contributed by atoms with E-state index in [1.165, 1.54) is 38.5 Å². The van der Waals surface area contributed by atoms with Crippen molar-refractivity contribution in [2.24, 2.45) is 11.8 Å². The number of carboxylic acids is 1. The highest BCUT2D eigenvalue weighted by Gasteiger charge is 2.28. The minimum absolute atomic E-state index is 0.163.